The number of hydrogen-bond acceptors (Lipinski definition) is 7. The third-order valence-corrected chi connectivity index (χ3v) is 3.70. The summed E-state index contributed by atoms with van der Waals surface area (Å²) >= 11 is 0. The second kappa shape index (κ2) is 8.25. The molecule has 0 bridgehead atoms. The number of aliphatic hydroxyl groups is 1. The van der Waals surface area contributed by atoms with Crippen LogP contribution in [0.25, 0.3) is 0 Å². The number of nitrogens with zero attached hydrogens (tertiary/aromatic N) is 3. The van der Waals surface area contributed by atoms with E-state index in [9.17, 15) is 33.2 Å². The minimum atomic E-state index is -4.65. The number of benzene rings is 1. The van der Waals surface area contributed by atoms with Crippen LogP contribution in [0, 0.1) is 17.0 Å². The third kappa shape index (κ3) is 4.97. The highest BCUT2D eigenvalue weighted by Crippen LogP contribution is 2.33. The predicted molar refractivity (Wildman–Crippen MR) is 87.9 cm³/mol. The molecule has 0 saturated heterocycles. The van der Waals surface area contributed by atoms with Crippen molar-refractivity contribution in [3.8, 4) is 5.75 Å². The fraction of sp³-hybridized carbons (Fsp3) is 0.375. The Balaban J connectivity index is 2.15. The van der Waals surface area contributed by atoms with E-state index in [-0.39, 0.29) is 17.9 Å². The van der Waals surface area contributed by atoms with Crippen LogP contribution in [0.2, 0.25) is 0 Å². The van der Waals surface area contributed by atoms with Crippen molar-refractivity contribution in [1.29, 1.82) is 0 Å². The summed E-state index contributed by atoms with van der Waals surface area (Å²) in [7, 11) is 1.06. The van der Waals surface area contributed by atoms with Gasteiger partial charge in [0.2, 0.25) is 5.82 Å². The first kappa shape index (κ1) is 21.2. The van der Waals surface area contributed by atoms with Gasteiger partial charge in [0.15, 0.2) is 0 Å². The Labute approximate surface area is 156 Å². The van der Waals surface area contributed by atoms with Gasteiger partial charge < -0.3 is 29.3 Å². The zero-order chi connectivity index (χ0) is 21.1. The number of nitro groups is 1. The number of hydrogen-bond donors (Lipinski definition) is 1. The number of ether oxygens (including phenoxy) is 2. The van der Waals surface area contributed by atoms with Crippen LogP contribution in [-0.2, 0) is 17.5 Å². The molecule has 0 saturated carbocycles. The van der Waals surface area contributed by atoms with Gasteiger partial charge in [-0.05, 0) is 28.1 Å². The molecule has 1 aromatic heterocycles. The van der Waals surface area contributed by atoms with E-state index in [1.54, 1.807) is 0 Å². The van der Waals surface area contributed by atoms with E-state index in [1.807, 2.05) is 0 Å². The van der Waals surface area contributed by atoms with Crippen LogP contribution in [0.15, 0.2) is 24.4 Å². The molecular formula is C16H16F3N3O6. The molecule has 1 atom stereocenters. The number of carbonyl (C=O) groups excluding carboxylic acids is 1. The monoisotopic (exact) mass is 403 g/mol. The summed E-state index contributed by atoms with van der Waals surface area (Å²) < 4.78 is 49.7. The van der Waals surface area contributed by atoms with Crippen LogP contribution in [0.4, 0.5) is 19.0 Å². The number of aryl methyl sites for hydroxylation is 1. The second-order valence-corrected chi connectivity index (χ2v) is 5.72. The molecule has 0 aliphatic rings. The molecule has 0 aliphatic heterocycles. The van der Waals surface area contributed by atoms with Crippen molar-refractivity contribution in [2.45, 2.75) is 25.7 Å². The molecule has 1 N–H and O–H groups in total. The van der Waals surface area contributed by atoms with Crippen molar-refractivity contribution in [1.82, 2.24) is 9.55 Å². The summed E-state index contributed by atoms with van der Waals surface area (Å²) in [5.74, 6) is -1.45. The molecule has 0 spiro atoms. The van der Waals surface area contributed by atoms with Gasteiger partial charge in [-0.25, -0.2) is 4.79 Å². The van der Waals surface area contributed by atoms with Gasteiger partial charge >= 0.3 is 18.0 Å². The van der Waals surface area contributed by atoms with Crippen LogP contribution in [0.3, 0.4) is 0 Å². The molecule has 0 radical (unpaired) electrons. The van der Waals surface area contributed by atoms with Gasteiger partial charge in [-0.2, -0.15) is 13.2 Å². The summed E-state index contributed by atoms with van der Waals surface area (Å²) in [4.78, 5) is 25.4. The average molecular weight is 403 g/mol. The number of aromatic nitrogens is 2. The van der Waals surface area contributed by atoms with E-state index in [0.29, 0.717) is 12.1 Å². The molecular weight excluding hydrogens is 387 g/mol. The number of methoxy groups -OCH3 is 1. The lowest BCUT2D eigenvalue weighted by Gasteiger charge is -2.16. The maximum absolute atomic E-state index is 12.9. The molecule has 2 rings (SSSR count). The van der Waals surface area contributed by atoms with Gasteiger partial charge in [-0.3, -0.25) is 0 Å². The number of carbonyl (C=O) groups is 1. The Morgan fingerprint density at radius 1 is 1.43 bits per heavy atom. The maximum Gasteiger partial charge on any atom is 0.416 e. The van der Waals surface area contributed by atoms with Crippen molar-refractivity contribution in [3.63, 3.8) is 0 Å². The van der Waals surface area contributed by atoms with Crippen molar-refractivity contribution < 1.29 is 37.5 Å². The van der Waals surface area contributed by atoms with Crippen LogP contribution >= 0.6 is 0 Å². The van der Waals surface area contributed by atoms with Crippen molar-refractivity contribution in [2.24, 2.45) is 0 Å². The van der Waals surface area contributed by atoms with Crippen LogP contribution in [0.5, 0.6) is 5.75 Å². The number of rotatable bonds is 7. The lowest BCUT2D eigenvalue weighted by Crippen LogP contribution is -2.24. The first-order chi connectivity index (χ1) is 13.0. The standard InChI is InChI=1S/C16H16F3N3O6/c1-9-20-14(22(25)26)7-21(9)6-11(23)8-28-13-5-10(16(17,18)19)3-4-12(13)15(24)27-2/h3-5,7,11,23H,6,8H2,1-2H3. The second-order valence-electron chi connectivity index (χ2n) is 5.72. The lowest BCUT2D eigenvalue weighted by atomic mass is 10.1. The molecule has 1 aromatic carbocycles. The zero-order valence-electron chi connectivity index (χ0n) is 14.8. The summed E-state index contributed by atoms with van der Waals surface area (Å²) in [6.07, 6.45) is -4.78. The van der Waals surface area contributed by atoms with Gasteiger partial charge in [0, 0.05) is 6.92 Å². The molecule has 9 nitrogen and oxygen atoms in total. The summed E-state index contributed by atoms with van der Waals surface area (Å²) in [6, 6.07) is 2.26. The highest BCUT2D eigenvalue weighted by atomic mass is 19.4. The molecule has 1 heterocycles. The van der Waals surface area contributed by atoms with Crippen LogP contribution in [0.1, 0.15) is 21.7 Å². The van der Waals surface area contributed by atoms with Crippen molar-refractivity contribution >= 4 is 11.8 Å². The Morgan fingerprint density at radius 2 is 2.11 bits per heavy atom. The van der Waals surface area contributed by atoms with Crippen LogP contribution in [-0.4, -0.2) is 45.4 Å². The lowest BCUT2D eigenvalue weighted by molar-refractivity contribution is -0.389. The van der Waals surface area contributed by atoms with Gasteiger partial charge in [-0.15, -0.1) is 0 Å². The molecule has 0 aliphatic carbocycles. The van der Waals surface area contributed by atoms with Gasteiger partial charge in [-0.1, -0.05) is 0 Å². The Bertz CT molecular complexity index is 881. The highest BCUT2D eigenvalue weighted by Gasteiger charge is 2.32. The molecule has 0 amide bonds. The first-order valence-electron chi connectivity index (χ1n) is 7.81. The molecule has 0 fully saturated rings. The fourth-order valence-electron chi connectivity index (χ4n) is 2.33. The van der Waals surface area contributed by atoms with E-state index in [1.165, 1.54) is 11.5 Å². The molecule has 152 valence electrons. The summed E-state index contributed by atoms with van der Waals surface area (Å²) in [5, 5.41) is 20.8. The van der Waals surface area contributed by atoms with E-state index < -0.39 is 46.9 Å². The Kier molecular flexibility index (Phi) is 6.23. The van der Waals surface area contributed by atoms with E-state index >= 15 is 0 Å². The average Bonchev–Trinajstić information content (AvgIpc) is 2.99. The Morgan fingerprint density at radius 3 is 2.64 bits per heavy atom. The number of aliphatic hydroxyl groups excluding tert-OH is 1. The normalized spacial score (nSPS) is 12.5. The van der Waals surface area contributed by atoms with Crippen LogP contribution < -0.4 is 4.74 Å². The maximum atomic E-state index is 12.9. The Hall–Kier alpha value is -3.15. The number of alkyl halides is 3. The van der Waals surface area contributed by atoms with Gasteiger partial charge in [0.1, 0.15) is 30.2 Å². The summed E-state index contributed by atoms with van der Waals surface area (Å²) in [5.41, 5.74) is -1.28. The zero-order valence-corrected chi connectivity index (χ0v) is 14.8. The quantitative estimate of drug-likeness (QED) is 0.428. The fourth-order valence-corrected chi connectivity index (χ4v) is 2.33. The van der Waals surface area contributed by atoms with E-state index in [0.717, 1.165) is 19.4 Å². The first-order valence-corrected chi connectivity index (χ1v) is 7.81. The number of imidazole rings is 1. The highest BCUT2D eigenvalue weighted by molar-refractivity contribution is 5.92. The SMILES string of the molecule is COC(=O)c1ccc(C(F)(F)F)cc1OCC(O)Cn1cc([N+](=O)[O-])nc1C. The number of halogens is 3. The van der Waals surface area contributed by atoms with Gasteiger partial charge in [0.25, 0.3) is 0 Å². The molecule has 12 heteroatoms. The van der Waals surface area contributed by atoms with Gasteiger partial charge in [0.05, 0.1) is 19.2 Å². The largest absolute Gasteiger partial charge is 0.490 e. The summed E-state index contributed by atoms with van der Waals surface area (Å²) in [6.45, 7) is 0.860. The minimum absolute atomic E-state index is 0.154. The minimum Gasteiger partial charge on any atom is -0.490 e. The number of esters is 1. The molecule has 2 aromatic rings. The van der Waals surface area contributed by atoms with E-state index in [4.69, 9.17) is 4.74 Å². The van der Waals surface area contributed by atoms with Crippen molar-refractivity contribution in [3.05, 3.63) is 51.5 Å². The molecule has 1 unspecified atom stereocenters. The molecule has 28 heavy (non-hydrogen) atoms. The third-order valence-electron chi connectivity index (χ3n) is 3.70. The topological polar surface area (TPSA) is 117 Å². The smallest absolute Gasteiger partial charge is 0.416 e. The van der Waals surface area contributed by atoms with E-state index in [2.05, 4.69) is 9.72 Å². The predicted octanol–water partition coefficient (Wildman–Crippen LogP) is 2.35. The van der Waals surface area contributed by atoms with Crippen molar-refractivity contribution in [2.75, 3.05) is 13.7 Å².